The first-order chi connectivity index (χ1) is 16.5. The summed E-state index contributed by atoms with van der Waals surface area (Å²) in [5, 5.41) is 25.6. The van der Waals surface area contributed by atoms with E-state index in [0.29, 0.717) is 37.2 Å². The molecular weight excluding hydrogens is 483 g/mol. The topological polar surface area (TPSA) is 128 Å². The summed E-state index contributed by atoms with van der Waals surface area (Å²) in [6.07, 6.45) is 5.19. The van der Waals surface area contributed by atoms with Crippen LogP contribution in [0.2, 0.25) is 0 Å². The lowest BCUT2D eigenvalue weighted by atomic mass is 10.0. The Bertz CT molecular complexity index is 1100. The Morgan fingerprint density at radius 1 is 1.14 bits per heavy atom. The Hall–Kier alpha value is -2.91. The Kier molecular flexibility index (Phi) is 10.3. The smallest absolute Gasteiger partial charge is 0.393 e. The minimum Gasteiger partial charge on any atom is -0.393 e. The van der Waals surface area contributed by atoms with Crippen LogP contribution in [0, 0.1) is 11.3 Å². The molecule has 0 aliphatic rings. The van der Waals surface area contributed by atoms with Gasteiger partial charge in [-0.1, -0.05) is 32.4 Å². The van der Waals surface area contributed by atoms with Gasteiger partial charge in [-0.25, -0.2) is 13.4 Å². The van der Waals surface area contributed by atoms with E-state index in [2.05, 4.69) is 26.7 Å². The van der Waals surface area contributed by atoms with Crippen LogP contribution in [-0.4, -0.2) is 47.7 Å². The number of hydrogen-bond donors (Lipinski definition) is 3. The standard InChI is InChI=1S/C23H30F3N5O3S/c1-3-5-18(8-9-19(32)4-2)30-21-17(14-27)15-29-22(31-21)28-13-12-16-6-10-20(11-7-16)35(33,34)23(24,25)26/h6-7,10-11,15,18-19,32H,3-5,8-9,12-13H2,1-2H3,(H2,28,29,30,31)/t18-,19+/m1/s1. The van der Waals surface area contributed by atoms with Gasteiger partial charge in [0.25, 0.3) is 9.84 Å². The molecule has 0 aliphatic carbocycles. The van der Waals surface area contributed by atoms with E-state index < -0.39 is 20.2 Å². The Morgan fingerprint density at radius 2 is 1.83 bits per heavy atom. The van der Waals surface area contributed by atoms with Gasteiger partial charge >= 0.3 is 5.51 Å². The van der Waals surface area contributed by atoms with E-state index in [1.807, 2.05) is 13.8 Å². The summed E-state index contributed by atoms with van der Waals surface area (Å²) in [4.78, 5) is 7.72. The van der Waals surface area contributed by atoms with Gasteiger partial charge in [0, 0.05) is 12.6 Å². The summed E-state index contributed by atoms with van der Waals surface area (Å²) < 4.78 is 60.9. The van der Waals surface area contributed by atoms with Crippen LogP contribution in [0.5, 0.6) is 0 Å². The van der Waals surface area contributed by atoms with Crippen LogP contribution < -0.4 is 10.6 Å². The zero-order valence-corrected chi connectivity index (χ0v) is 20.5. The second kappa shape index (κ2) is 12.7. The second-order valence-electron chi connectivity index (χ2n) is 8.11. The third-order valence-corrected chi connectivity index (χ3v) is 6.94. The molecule has 2 rings (SSSR count). The molecular formula is C23H30F3N5O3S. The lowest BCUT2D eigenvalue weighted by Gasteiger charge is -2.21. The molecule has 0 aliphatic heterocycles. The molecule has 0 spiro atoms. The summed E-state index contributed by atoms with van der Waals surface area (Å²) in [6.45, 7) is 4.30. The average molecular weight is 514 g/mol. The van der Waals surface area contributed by atoms with Gasteiger partial charge in [0.1, 0.15) is 17.5 Å². The van der Waals surface area contributed by atoms with E-state index in [1.165, 1.54) is 18.3 Å². The molecule has 12 heteroatoms. The fourth-order valence-corrected chi connectivity index (χ4v) is 4.14. The van der Waals surface area contributed by atoms with Crippen molar-refractivity contribution in [3.05, 3.63) is 41.6 Å². The van der Waals surface area contributed by atoms with Gasteiger partial charge in [0.15, 0.2) is 0 Å². The number of nitrogens with one attached hydrogen (secondary N) is 2. The molecule has 0 unspecified atom stereocenters. The quantitative estimate of drug-likeness (QED) is 0.359. The first kappa shape index (κ1) is 28.3. The first-order valence-electron chi connectivity index (χ1n) is 11.4. The summed E-state index contributed by atoms with van der Waals surface area (Å²) >= 11 is 0. The van der Waals surface area contributed by atoms with Crippen LogP contribution in [0.4, 0.5) is 24.9 Å². The van der Waals surface area contributed by atoms with Crippen LogP contribution in [0.1, 0.15) is 57.1 Å². The van der Waals surface area contributed by atoms with Gasteiger partial charge < -0.3 is 15.7 Å². The fraction of sp³-hybridized carbons (Fsp3) is 0.522. The number of aromatic nitrogens is 2. The van der Waals surface area contributed by atoms with E-state index in [9.17, 15) is 32.0 Å². The van der Waals surface area contributed by atoms with Crippen molar-refractivity contribution in [2.24, 2.45) is 0 Å². The summed E-state index contributed by atoms with van der Waals surface area (Å²) in [5.74, 6) is 0.655. The van der Waals surface area contributed by atoms with E-state index in [1.54, 1.807) is 0 Å². The molecule has 3 N–H and O–H groups in total. The third kappa shape index (κ3) is 8.07. The van der Waals surface area contributed by atoms with Gasteiger partial charge in [-0.15, -0.1) is 0 Å². The van der Waals surface area contributed by atoms with Crippen molar-refractivity contribution >= 4 is 21.6 Å². The monoisotopic (exact) mass is 513 g/mol. The Balaban J connectivity index is 2.03. The molecule has 1 aromatic heterocycles. The number of benzene rings is 1. The van der Waals surface area contributed by atoms with E-state index in [4.69, 9.17) is 0 Å². The molecule has 2 atom stereocenters. The number of alkyl halides is 3. The maximum Gasteiger partial charge on any atom is 0.501 e. The van der Waals surface area contributed by atoms with Crippen LogP contribution in [0.3, 0.4) is 0 Å². The predicted molar refractivity (Wildman–Crippen MR) is 126 cm³/mol. The summed E-state index contributed by atoms with van der Waals surface area (Å²) in [6, 6.07) is 6.61. The number of aliphatic hydroxyl groups excluding tert-OH is 1. The average Bonchev–Trinajstić information content (AvgIpc) is 2.82. The highest BCUT2D eigenvalue weighted by molar-refractivity contribution is 7.92. The zero-order valence-electron chi connectivity index (χ0n) is 19.6. The second-order valence-corrected chi connectivity index (χ2v) is 10.0. The number of nitriles is 1. The number of halogens is 3. The lowest BCUT2D eigenvalue weighted by Crippen LogP contribution is -2.23. The Morgan fingerprint density at radius 3 is 2.40 bits per heavy atom. The highest BCUT2D eigenvalue weighted by Crippen LogP contribution is 2.30. The van der Waals surface area contributed by atoms with Gasteiger partial charge in [-0.2, -0.15) is 23.4 Å². The van der Waals surface area contributed by atoms with Gasteiger partial charge in [-0.05, 0) is 49.8 Å². The van der Waals surface area contributed by atoms with Crippen LogP contribution in [0.15, 0.2) is 35.4 Å². The molecule has 1 aromatic carbocycles. The minimum atomic E-state index is -5.38. The normalized spacial score (nSPS) is 13.6. The number of nitrogens with zero attached hydrogens (tertiary/aromatic N) is 3. The van der Waals surface area contributed by atoms with Crippen LogP contribution in [-0.2, 0) is 16.3 Å². The summed E-state index contributed by atoms with van der Waals surface area (Å²) in [7, 11) is -5.38. The van der Waals surface area contributed by atoms with Crippen molar-refractivity contribution in [3.63, 3.8) is 0 Å². The van der Waals surface area contributed by atoms with Crippen molar-refractivity contribution in [2.45, 2.75) is 74.9 Å². The third-order valence-electron chi connectivity index (χ3n) is 5.44. The maximum absolute atomic E-state index is 12.7. The number of anilines is 2. The van der Waals surface area contributed by atoms with E-state index in [0.717, 1.165) is 31.4 Å². The largest absolute Gasteiger partial charge is 0.501 e. The molecule has 0 radical (unpaired) electrons. The molecule has 8 nitrogen and oxygen atoms in total. The number of aliphatic hydroxyl groups is 1. The molecule has 192 valence electrons. The van der Waals surface area contributed by atoms with Crippen molar-refractivity contribution < 1.29 is 26.7 Å². The molecule has 0 amide bonds. The summed E-state index contributed by atoms with van der Waals surface area (Å²) in [5.41, 5.74) is -4.43. The van der Waals surface area contributed by atoms with Crippen LogP contribution in [0.25, 0.3) is 0 Å². The van der Waals surface area contributed by atoms with Crippen molar-refractivity contribution in [1.29, 1.82) is 5.26 Å². The molecule has 0 fully saturated rings. The SMILES string of the molecule is CCC[C@H](CC[C@@H](O)CC)Nc1nc(NCCc2ccc(S(=O)(=O)C(F)(F)F)cc2)ncc1C#N. The zero-order chi connectivity index (χ0) is 26.1. The van der Waals surface area contributed by atoms with Gasteiger partial charge in [0.05, 0.1) is 17.2 Å². The lowest BCUT2D eigenvalue weighted by molar-refractivity contribution is -0.0436. The number of sulfone groups is 1. The molecule has 1 heterocycles. The molecule has 0 saturated carbocycles. The molecule has 2 aromatic rings. The molecule has 0 bridgehead atoms. The minimum absolute atomic E-state index is 0.0301. The van der Waals surface area contributed by atoms with E-state index in [-0.39, 0.29) is 23.7 Å². The molecule has 0 saturated heterocycles. The maximum atomic E-state index is 12.7. The Labute approximate surface area is 203 Å². The fourth-order valence-electron chi connectivity index (χ4n) is 3.37. The predicted octanol–water partition coefficient (Wildman–Crippen LogP) is 4.43. The highest BCUT2D eigenvalue weighted by atomic mass is 32.2. The van der Waals surface area contributed by atoms with E-state index >= 15 is 0 Å². The van der Waals surface area contributed by atoms with Gasteiger partial charge in [0.2, 0.25) is 5.95 Å². The molecule has 35 heavy (non-hydrogen) atoms. The highest BCUT2D eigenvalue weighted by Gasteiger charge is 2.46. The van der Waals surface area contributed by atoms with Crippen molar-refractivity contribution in [3.8, 4) is 6.07 Å². The van der Waals surface area contributed by atoms with Crippen molar-refractivity contribution in [2.75, 3.05) is 17.2 Å². The van der Waals surface area contributed by atoms with Gasteiger partial charge in [-0.3, -0.25) is 0 Å². The van der Waals surface area contributed by atoms with Crippen LogP contribution >= 0.6 is 0 Å². The number of rotatable bonds is 13. The first-order valence-corrected chi connectivity index (χ1v) is 12.9. The van der Waals surface area contributed by atoms with Crippen molar-refractivity contribution in [1.82, 2.24) is 9.97 Å². The number of hydrogen-bond acceptors (Lipinski definition) is 8.